The molecule has 0 saturated carbocycles. The molecule has 0 aromatic heterocycles. The highest BCUT2D eigenvalue weighted by Gasteiger charge is 2.09. The van der Waals surface area contributed by atoms with E-state index < -0.39 is 11.8 Å². The molecule has 0 radical (unpaired) electrons. The number of carbonyl (C=O) groups excluding carboxylic acids is 2. The van der Waals surface area contributed by atoms with E-state index in [1.54, 1.807) is 31.4 Å². The summed E-state index contributed by atoms with van der Waals surface area (Å²) in [6.45, 7) is 3.71. The number of benzene rings is 2. The Kier molecular flexibility index (Phi) is 5.78. The molecule has 0 fully saturated rings. The van der Waals surface area contributed by atoms with Crippen molar-refractivity contribution >= 4 is 11.8 Å². The smallest absolute Gasteiger partial charge is 0.276 e. The lowest BCUT2D eigenvalue weighted by Crippen LogP contribution is -2.43. The standard InChI is InChI=1S/C18H20N2O4/c1-12-4-9-16(13(2)10-12)24-11-17(21)19-20-18(22)14-5-7-15(23-3)8-6-14/h4-10H,11H2,1-3H3,(H,19,21)(H,20,22). The van der Waals surface area contributed by atoms with Crippen molar-refractivity contribution in [1.82, 2.24) is 10.9 Å². The fraction of sp³-hybridized carbons (Fsp3) is 0.222. The van der Waals surface area contributed by atoms with Crippen molar-refractivity contribution in [3.8, 4) is 11.5 Å². The summed E-state index contributed by atoms with van der Waals surface area (Å²) in [5, 5.41) is 0. The van der Waals surface area contributed by atoms with Gasteiger partial charge >= 0.3 is 0 Å². The zero-order valence-corrected chi connectivity index (χ0v) is 13.9. The maximum absolute atomic E-state index is 11.9. The van der Waals surface area contributed by atoms with Gasteiger partial charge in [0.15, 0.2) is 6.61 Å². The molecule has 6 heteroatoms. The zero-order valence-electron chi connectivity index (χ0n) is 13.9. The van der Waals surface area contributed by atoms with Crippen LogP contribution in [0.5, 0.6) is 11.5 Å². The number of hydrogen-bond donors (Lipinski definition) is 2. The van der Waals surface area contributed by atoms with E-state index >= 15 is 0 Å². The first-order chi connectivity index (χ1) is 11.5. The Morgan fingerprint density at radius 1 is 1.00 bits per heavy atom. The van der Waals surface area contributed by atoms with E-state index in [2.05, 4.69) is 10.9 Å². The quantitative estimate of drug-likeness (QED) is 0.825. The minimum absolute atomic E-state index is 0.188. The molecule has 0 atom stereocenters. The fourth-order valence-electron chi connectivity index (χ4n) is 2.08. The molecule has 0 bridgehead atoms. The average Bonchev–Trinajstić information content (AvgIpc) is 2.59. The molecule has 0 aliphatic heterocycles. The number of nitrogens with one attached hydrogen (secondary N) is 2. The number of hydrogen-bond acceptors (Lipinski definition) is 4. The van der Waals surface area contributed by atoms with Gasteiger partial charge in [-0.1, -0.05) is 17.7 Å². The number of hydrazine groups is 1. The van der Waals surface area contributed by atoms with Crippen LogP contribution in [-0.2, 0) is 4.79 Å². The third kappa shape index (κ3) is 4.74. The van der Waals surface area contributed by atoms with Gasteiger partial charge in [0.05, 0.1) is 7.11 Å². The van der Waals surface area contributed by atoms with Crippen LogP contribution < -0.4 is 20.3 Å². The minimum Gasteiger partial charge on any atom is -0.497 e. The van der Waals surface area contributed by atoms with Crippen LogP contribution in [0.25, 0.3) is 0 Å². The van der Waals surface area contributed by atoms with E-state index in [0.29, 0.717) is 17.1 Å². The van der Waals surface area contributed by atoms with Crippen LogP contribution in [0.1, 0.15) is 21.5 Å². The van der Waals surface area contributed by atoms with Crippen molar-refractivity contribution in [2.45, 2.75) is 13.8 Å². The lowest BCUT2D eigenvalue weighted by Gasteiger charge is -2.11. The van der Waals surface area contributed by atoms with Crippen molar-refractivity contribution in [1.29, 1.82) is 0 Å². The van der Waals surface area contributed by atoms with Gasteiger partial charge in [-0.05, 0) is 49.7 Å². The maximum atomic E-state index is 11.9. The number of methoxy groups -OCH3 is 1. The predicted octanol–water partition coefficient (Wildman–Crippen LogP) is 2.15. The second-order valence-corrected chi connectivity index (χ2v) is 5.29. The van der Waals surface area contributed by atoms with Gasteiger partial charge in [-0.15, -0.1) is 0 Å². The van der Waals surface area contributed by atoms with Crippen LogP contribution in [0.15, 0.2) is 42.5 Å². The minimum atomic E-state index is -0.447. The molecule has 0 aliphatic carbocycles. The van der Waals surface area contributed by atoms with Crippen molar-refractivity contribution in [2.24, 2.45) is 0 Å². The van der Waals surface area contributed by atoms with Crippen molar-refractivity contribution in [2.75, 3.05) is 13.7 Å². The van der Waals surface area contributed by atoms with Gasteiger partial charge in [-0.25, -0.2) is 0 Å². The predicted molar refractivity (Wildman–Crippen MR) is 90.0 cm³/mol. The molecule has 2 rings (SSSR count). The van der Waals surface area contributed by atoms with E-state index in [4.69, 9.17) is 9.47 Å². The highest BCUT2D eigenvalue weighted by Crippen LogP contribution is 2.18. The van der Waals surface area contributed by atoms with Gasteiger partial charge in [0.1, 0.15) is 11.5 Å². The van der Waals surface area contributed by atoms with E-state index in [0.717, 1.165) is 11.1 Å². The summed E-state index contributed by atoms with van der Waals surface area (Å²) in [6, 6.07) is 12.2. The third-order valence-corrected chi connectivity index (χ3v) is 3.36. The topological polar surface area (TPSA) is 76.7 Å². The molecule has 2 aromatic carbocycles. The first kappa shape index (κ1) is 17.3. The van der Waals surface area contributed by atoms with Crippen LogP contribution in [0, 0.1) is 13.8 Å². The Balaban J connectivity index is 1.80. The Bertz CT molecular complexity index is 726. The molecule has 2 aromatic rings. The summed E-state index contributed by atoms with van der Waals surface area (Å²) in [5.74, 6) is 0.420. The van der Waals surface area contributed by atoms with E-state index in [1.165, 1.54) is 0 Å². The molecule has 0 heterocycles. The van der Waals surface area contributed by atoms with Crippen LogP contribution in [0.3, 0.4) is 0 Å². The first-order valence-electron chi connectivity index (χ1n) is 7.43. The molecular formula is C18H20N2O4. The summed E-state index contributed by atoms with van der Waals surface area (Å²) >= 11 is 0. The molecule has 0 unspecified atom stereocenters. The Morgan fingerprint density at radius 3 is 2.33 bits per heavy atom. The number of rotatable bonds is 5. The van der Waals surface area contributed by atoms with Crippen LogP contribution in [0.2, 0.25) is 0 Å². The molecular weight excluding hydrogens is 308 g/mol. The SMILES string of the molecule is COc1ccc(C(=O)NNC(=O)COc2ccc(C)cc2C)cc1. The van der Waals surface area contributed by atoms with Crippen LogP contribution >= 0.6 is 0 Å². The number of carbonyl (C=O) groups is 2. The van der Waals surface area contributed by atoms with Crippen molar-refractivity contribution in [3.63, 3.8) is 0 Å². The Hall–Kier alpha value is -3.02. The van der Waals surface area contributed by atoms with Crippen molar-refractivity contribution < 1.29 is 19.1 Å². The third-order valence-electron chi connectivity index (χ3n) is 3.36. The second kappa shape index (κ2) is 8.01. The van der Waals surface area contributed by atoms with Crippen molar-refractivity contribution in [3.05, 3.63) is 59.2 Å². The van der Waals surface area contributed by atoms with Gasteiger partial charge in [0.25, 0.3) is 11.8 Å². The molecule has 24 heavy (non-hydrogen) atoms. The van der Waals surface area contributed by atoms with Gasteiger partial charge < -0.3 is 9.47 Å². The summed E-state index contributed by atoms with van der Waals surface area (Å²) in [4.78, 5) is 23.7. The summed E-state index contributed by atoms with van der Waals surface area (Å²) in [6.07, 6.45) is 0. The molecule has 0 aliphatic rings. The lowest BCUT2D eigenvalue weighted by molar-refractivity contribution is -0.123. The van der Waals surface area contributed by atoms with E-state index in [1.807, 2.05) is 32.0 Å². The average molecular weight is 328 g/mol. The van der Waals surface area contributed by atoms with E-state index in [9.17, 15) is 9.59 Å². The van der Waals surface area contributed by atoms with Gasteiger partial charge in [0, 0.05) is 5.56 Å². The second-order valence-electron chi connectivity index (χ2n) is 5.29. The maximum Gasteiger partial charge on any atom is 0.276 e. The van der Waals surface area contributed by atoms with Gasteiger partial charge in [-0.2, -0.15) is 0 Å². The van der Waals surface area contributed by atoms with Gasteiger partial charge in [-0.3, -0.25) is 20.4 Å². The molecule has 6 nitrogen and oxygen atoms in total. The molecule has 2 amide bonds. The monoisotopic (exact) mass is 328 g/mol. The molecule has 0 saturated heterocycles. The largest absolute Gasteiger partial charge is 0.497 e. The number of aryl methyl sites for hydroxylation is 2. The summed E-state index contributed by atoms with van der Waals surface area (Å²) in [7, 11) is 1.55. The highest BCUT2D eigenvalue weighted by atomic mass is 16.5. The highest BCUT2D eigenvalue weighted by molar-refractivity contribution is 5.95. The number of amides is 2. The summed E-state index contributed by atoms with van der Waals surface area (Å²) in [5.41, 5.74) is 7.13. The molecule has 2 N–H and O–H groups in total. The fourth-order valence-corrected chi connectivity index (χ4v) is 2.08. The van der Waals surface area contributed by atoms with Gasteiger partial charge in [0.2, 0.25) is 0 Å². The van der Waals surface area contributed by atoms with E-state index in [-0.39, 0.29) is 6.61 Å². The Labute approximate surface area is 140 Å². The summed E-state index contributed by atoms with van der Waals surface area (Å²) < 4.78 is 10.5. The van der Waals surface area contributed by atoms with Crippen LogP contribution in [0.4, 0.5) is 0 Å². The lowest BCUT2D eigenvalue weighted by atomic mass is 10.1. The number of ether oxygens (including phenoxy) is 2. The normalized spacial score (nSPS) is 9.96. The molecule has 0 spiro atoms. The molecule has 126 valence electrons. The Morgan fingerprint density at radius 2 is 1.71 bits per heavy atom. The first-order valence-corrected chi connectivity index (χ1v) is 7.43. The van der Waals surface area contributed by atoms with Crippen LogP contribution in [-0.4, -0.2) is 25.5 Å². The zero-order chi connectivity index (χ0) is 17.5.